The molecule has 2 saturated heterocycles. The van der Waals surface area contributed by atoms with Gasteiger partial charge in [-0.05, 0) is 54.1 Å². The van der Waals surface area contributed by atoms with Crippen LogP contribution in [0.4, 0.5) is 17.1 Å². The van der Waals surface area contributed by atoms with Crippen LogP contribution in [-0.4, -0.2) is 35.1 Å². The molecule has 3 aromatic carbocycles. The molecule has 2 fully saturated rings. The molecule has 0 saturated carbocycles. The summed E-state index contributed by atoms with van der Waals surface area (Å²) in [4.78, 5) is 44.7. The van der Waals surface area contributed by atoms with Crippen LogP contribution in [0.25, 0.3) is 0 Å². The van der Waals surface area contributed by atoms with Crippen LogP contribution in [-0.2, 0) is 14.4 Å². The lowest BCUT2D eigenvalue weighted by atomic mass is 9.90. The molecule has 2 aliphatic rings. The van der Waals surface area contributed by atoms with Crippen molar-refractivity contribution in [3.05, 3.63) is 86.9 Å². The molecule has 3 atom stereocenters. The number of nitro groups is 1. The van der Waals surface area contributed by atoms with E-state index in [9.17, 15) is 24.8 Å². The largest absolute Gasteiger partial charge is 0.504 e. The SMILES string of the molecule is COc1cc([C@H]2[C@@H]3C(=O)N(c4ccc(Br)cc4)C(=O)[C@H]3ON2c2ccc([N+](=O)[O-])cc2)ccc1O. The Hall–Kier alpha value is -3.96. The van der Waals surface area contributed by atoms with Gasteiger partial charge in [0.2, 0.25) is 5.91 Å². The van der Waals surface area contributed by atoms with E-state index in [1.54, 1.807) is 36.4 Å². The number of non-ortho nitro benzene ring substituents is 1. The maximum Gasteiger partial charge on any atom is 0.269 e. The van der Waals surface area contributed by atoms with Gasteiger partial charge in [-0.15, -0.1) is 0 Å². The molecule has 2 heterocycles. The number of methoxy groups -OCH3 is 1. The van der Waals surface area contributed by atoms with Gasteiger partial charge < -0.3 is 9.84 Å². The average Bonchev–Trinajstić information content (AvgIpc) is 3.36. The Kier molecular flexibility index (Phi) is 5.65. The van der Waals surface area contributed by atoms with Crippen LogP contribution in [0.2, 0.25) is 0 Å². The second kappa shape index (κ2) is 8.67. The molecule has 5 rings (SSSR count). The molecule has 10 nitrogen and oxygen atoms in total. The molecular weight excluding hydrogens is 522 g/mol. The molecule has 35 heavy (non-hydrogen) atoms. The molecule has 0 aromatic heterocycles. The normalized spacial score (nSPS) is 21.4. The lowest BCUT2D eigenvalue weighted by Crippen LogP contribution is -2.37. The van der Waals surface area contributed by atoms with E-state index < -0.39 is 34.8 Å². The molecule has 2 amide bonds. The first-order valence-electron chi connectivity index (χ1n) is 10.5. The van der Waals surface area contributed by atoms with Gasteiger partial charge in [-0.3, -0.25) is 24.5 Å². The molecule has 0 radical (unpaired) electrons. The van der Waals surface area contributed by atoms with Crippen molar-refractivity contribution >= 4 is 44.8 Å². The quantitative estimate of drug-likeness (QED) is 0.291. The number of nitro benzene ring substituents is 1. The molecule has 1 N–H and O–H groups in total. The second-order valence-corrected chi connectivity index (χ2v) is 8.93. The number of ether oxygens (including phenoxy) is 1. The lowest BCUT2D eigenvalue weighted by molar-refractivity contribution is -0.384. The third-order valence-corrected chi connectivity index (χ3v) is 6.59. The van der Waals surface area contributed by atoms with Crippen LogP contribution >= 0.6 is 15.9 Å². The number of fused-ring (bicyclic) bond motifs is 1. The zero-order valence-corrected chi connectivity index (χ0v) is 19.8. The molecule has 11 heteroatoms. The van der Waals surface area contributed by atoms with Crippen molar-refractivity contribution in [1.82, 2.24) is 0 Å². The summed E-state index contributed by atoms with van der Waals surface area (Å²) in [5, 5.41) is 22.6. The summed E-state index contributed by atoms with van der Waals surface area (Å²) >= 11 is 3.35. The van der Waals surface area contributed by atoms with Crippen molar-refractivity contribution in [2.24, 2.45) is 5.92 Å². The van der Waals surface area contributed by atoms with E-state index in [4.69, 9.17) is 9.57 Å². The first kappa shape index (κ1) is 22.8. The number of nitrogens with zero attached hydrogens (tertiary/aromatic N) is 3. The molecule has 178 valence electrons. The van der Waals surface area contributed by atoms with Gasteiger partial charge in [0.1, 0.15) is 5.92 Å². The van der Waals surface area contributed by atoms with Crippen molar-refractivity contribution in [2.75, 3.05) is 17.1 Å². The predicted molar refractivity (Wildman–Crippen MR) is 128 cm³/mol. The highest BCUT2D eigenvalue weighted by Crippen LogP contribution is 2.48. The summed E-state index contributed by atoms with van der Waals surface area (Å²) in [6.07, 6.45) is -1.11. The van der Waals surface area contributed by atoms with Crippen LogP contribution in [0.1, 0.15) is 11.6 Å². The highest BCUT2D eigenvalue weighted by molar-refractivity contribution is 9.10. The highest BCUT2D eigenvalue weighted by atomic mass is 79.9. The smallest absolute Gasteiger partial charge is 0.269 e. The predicted octanol–water partition coefficient (Wildman–Crippen LogP) is 4.12. The fraction of sp³-hybridized carbons (Fsp3) is 0.167. The maximum absolute atomic E-state index is 13.6. The van der Waals surface area contributed by atoms with E-state index in [2.05, 4.69) is 15.9 Å². The Bertz CT molecular complexity index is 1330. The van der Waals surface area contributed by atoms with Crippen molar-refractivity contribution in [1.29, 1.82) is 0 Å². The van der Waals surface area contributed by atoms with Crippen molar-refractivity contribution in [3.63, 3.8) is 0 Å². The van der Waals surface area contributed by atoms with Crippen molar-refractivity contribution in [3.8, 4) is 11.5 Å². The lowest BCUT2D eigenvalue weighted by Gasteiger charge is -2.29. The number of amides is 2. The number of hydrogen-bond acceptors (Lipinski definition) is 8. The topological polar surface area (TPSA) is 122 Å². The van der Waals surface area contributed by atoms with Gasteiger partial charge >= 0.3 is 0 Å². The van der Waals surface area contributed by atoms with Gasteiger partial charge in [0, 0.05) is 16.6 Å². The number of phenols is 1. The summed E-state index contributed by atoms with van der Waals surface area (Å²) in [5.41, 5.74) is 1.30. The van der Waals surface area contributed by atoms with Crippen LogP contribution in [0.3, 0.4) is 0 Å². The highest BCUT2D eigenvalue weighted by Gasteiger charge is 2.60. The molecule has 2 aliphatic heterocycles. The van der Waals surface area contributed by atoms with Gasteiger partial charge in [0.15, 0.2) is 17.6 Å². The van der Waals surface area contributed by atoms with Gasteiger partial charge in [-0.1, -0.05) is 22.0 Å². The van der Waals surface area contributed by atoms with E-state index in [0.29, 0.717) is 16.9 Å². The number of carbonyl (C=O) groups is 2. The van der Waals surface area contributed by atoms with Crippen molar-refractivity contribution in [2.45, 2.75) is 12.1 Å². The van der Waals surface area contributed by atoms with E-state index >= 15 is 0 Å². The molecule has 0 spiro atoms. The zero-order chi connectivity index (χ0) is 24.9. The number of hydrogen-bond donors (Lipinski definition) is 1. The first-order chi connectivity index (χ1) is 16.8. The molecular formula is C24H18BrN3O7. The van der Waals surface area contributed by atoms with Gasteiger partial charge in [-0.2, -0.15) is 0 Å². The number of phenolic OH excluding ortho intramolecular Hbond substituents is 1. The number of hydroxylamine groups is 1. The van der Waals surface area contributed by atoms with E-state index in [1.165, 1.54) is 42.5 Å². The minimum atomic E-state index is -1.11. The summed E-state index contributed by atoms with van der Waals surface area (Å²) in [7, 11) is 1.40. The monoisotopic (exact) mass is 539 g/mol. The molecule has 0 unspecified atom stereocenters. The minimum absolute atomic E-state index is 0.0843. The molecule has 0 bridgehead atoms. The third kappa shape index (κ3) is 3.78. The van der Waals surface area contributed by atoms with Gasteiger partial charge in [-0.25, -0.2) is 9.96 Å². The van der Waals surface area contributed by atoms with E-state index in [0.717, 1.165) is 9.37 Å². The summed E-state index contributed by atoms with van der Waals surface area (Å²) < 4.78 is 6.04. The van der Waals surface area contributed by atoms with Crippen LogP contribution in [0.15, 0.2) is 71.2 Å². The average molecular weight is 540 g/mol. The molecule has 0 aliphatic carbocycles. The first-order valence-corrected chi connectivity index (χ1v) is 11.3. The Morgan fingerprint density at radius 1 is 1.00 bits per heavy atom. The van der Waals surface area contributed by atoms with Gasteiger partial charge in [0.05, 0.1) is 29.4 Å². The number of aromatic hydroxyl groups is 1. The number of imide groups is 1. The fourth-order valence-corrected chi connectivity index (χ4v) is 4.69. The van der Waals surface area contributed by atoms with E-state index in [1.807, 2.05) is 0 Å². The minimum Gasteiger partial charge on any atom is -0.504 e. The number of benzene rings is 3. The third-order valence-electron chi connectivity index (χ3n) is 6.06. The standard InChI is InChI=1S/C24H18BrN3O7/c1-34-19-12-13(2-11-18(19)29)21-20-22(35-27(21)16-7-9-17(10-8-16)28(32)33)24(31)26(23(20)30)15-5-3-14(25)4-6-15/h2-12,20-22,29H,1H3/t20-,21-,22-/m0/s1. The zero-order valence-electron chi connectivity index (χ0n) is 18.2. The Labute approximate surface area is 207 Å². The summed E-state index contributed by atoms with van der Waals surface area (Å²) in [6.45, 7) is 0. The second-order valence-electron chi connectivity index (χ2n) is 8.02. The number of carbonyl (C=O) groups excluding carboxylic acids is 2. The Morgan fingerprint density at radius 3 is 2.29 bits per heavy atom. The fourth-order valence-electron chi connectivity index (χ4n) is 4.42. The summed E-state index contributed by atoms with van der Waals surface area (Å²) in [6, 6.07) is 16.3. The van der Waals surface area contributed by atoms with E-state index in [-0.39, 0.29) is 17.2 Å². The summed E-state index contributed by atoms with van der Waals surface area (Å²) in [5.74, 6) is -1.75. The molecule has 3 aromatic rings. The Balaban J connectivity index is 1.59. The van der Waals surface area contributed by atoms with Crippen LogP contribution < -0.4 is 14.7 Å². The van der Waals surface area contributed by atoms with Crippen LogP contribution in [0, 0.1) is 16.0 Å². The number of halogens is 1. The maximum atomic E-state index is 13.6. The van der Waals surface area contributed by atoms with Crippen LogP contribution in [0.5, 0.6) is 11.5 Å². The van der Waals surface area contributed by atoms with Crippen molar-refractivity contribution < 1.29 is 29.2 Å². The number of rotatable bonds is 5. The van der Waals surface area contributed by atoms with Gasteiger partial charge in [0.25, 0.3) is 11.6 Å². The number of anilines is 2. The Morgan fingerprint density at radius 2 is 1.66 bits per heavy atom.